The molecule has 2 atom stereocenters. The first-order chi connectivity index (χ1) is 13.0. The third-order valence-corrected chi connectivity index (χ3v) is 13.9. The number of rotatable bonds is 6. The van der Waals surface area contributed by atoms with E-state index in [1.54, 1.807) is 10.5 Å². The highest BCUT2D eigenvalue weighted by atomic mass is 32.2. The molecule has 0 saturated heterocycles. The zero-order valence-electron chi connectivity index (χ0n) is 16.7. The van der Waals surface area contributed by atoms with Gasteiger partial charge in [0.1, 0.15) is 0 Å². The summed E-state index contributed by atoms with van der Waals surface area (Å²) in [6.45, 7) is 7.74. The van der Waals surface area contributed by atoms with E-state index in [9.17, 15) is 0 Å². The SMILES string of the molecule is C[Si](C)(C)C1(Sc2ccccc2)CC1C1=C(Sc2ccccc2)CCCC1. The maximum atomic E-state index is 2.58. The van der Waals surface area contributed by atoms with Crippen molar-refractivity contribution in [1.29, 1.82) is 0 Å². The summed E-state index contributed by atoms with van der Waals surface area (Å²) in [4.78, 5) is 4.55. The van der Waals surface area contributed by atoms with E-state index in [0.29, 0.717) is 4.37 Å². The van der Waals surface area contributed by atoms with Gasteiger partial charge in [-0.15, -0.1) is 11.8 Å². The molecule has 0 bridgehead atoms. The lowest BCUT2D eigenvalue weighted by Gasteiger charge is -2.32. The van der Waals surface area contributed by atoms with Gasteiger partial charge in [-0.05, 0) is 67.2 Å². The van der Waals surface area contributed by atoms with Crippen LogP contribution < -0.4 is 0 Å². The molecule has 1 saturated carbocycles. The van der Waals surface area contributed by atoms with Gasteiger partial charge in [0, 0.05) is 14.2 Å². The van der Waals surface area contributed by atoms with Crippen molar-refractivity contribution in [2.45, 2.75) is 65.9 Å². The van der Waals surface area contributed by atoms with Gasteiger partial charge in [0.2, 0.25) is 0 Å². The van der Waals surface area contributed by atoms with Crippen LogP contribution in [0.4, 0.5) is 0 Å². The van der Waals surface area contributed by atoms with Gasteiger partial charge in [-0.2, -0.15) is 0 Å². The molecule has 0 amide bonds. The normalized spacial score (nSPS) is 25.5. The Kier molecular flexibility index (Phi) is 5.64. The summed E-state index contributed by atoms with van der Waals surface area (Å²) in [5.74, 6) is 0.792. The predicted molar refractivity (Wildman–Crippen MR) is 124 cm³/mol. The molecule has 0 heterocycles. The fourth-order valence-electron chi connectivity index (χ4n) is 4.46. The Labute approximate surface area is 174 Å². The van der Waals surface area contributed by atoms with Gasteiger partial charge in [0.05, 0.1) is 8.07 Å². The summed E-state index contributed by atoms with van der Waals surface area (Å²) in [7, 11) is -1.31. The molecule has 0 aliphatic heterocycles. The van der Waals surface area contributed by atoms with Gasteiger partial charge in [0.15, 0.2) is 0 Å². The van der Waals surface area contributed by atoms with Crippen molar-refractivity contribution < 1.29 is 0 Å². The second kappa shape index (κ2) is 7.85. The van der Waals surface area contributed by atoms with Crippen LogP contribution in [0.2, 0.25) is 19.6 Å². The zero-order chi connectivity index (χ0) is 18.9. The molecular weight excluding hydrogens is 380 g/mol. The Morgan fingerprint density at radius 3 is 2.04 bits per heavy atom. The Morgan fingerprint density at radius 2 is 1.41 bits per heavy atom. The minimum absolute atomic E-state index is 0.476. The van der Waals surface area contributed by atoms with Crippen LogP contribution >= 0.6 is 23.5 Å². The second-order valence-corrected chi connectivity index (χ2v) is 17.2. The number of benzene rings is 2. The van der Waals surface area contributed by atoms with Gasteiger partial charge in [-0.25, -0.2) is 0 Å². The summed E-state index contributed by atoms with van der Waals surface area (Å²) in [6.07, 6.45) is 6.72. The molecule has 3 heteroatoms. The molecule has 4 rings (SSSR count). The lowest BCUT2D eigenvalue weighted by molar-refractivity contribution is 0.660. The van der Waals surface area contributed by atoms with E-state index in [2.05, 4.69) is 92.1 Å². The first kappa shape index (κ1) is 19.4. The average Bonchev–Trinajstić information content (AvgIpc) is 3.39. The zero-order valence-corrected chi connectivity index (χ0v) is 19.3. The van der Waals surface area contributed by atoms with E-state index >= 15 is 0 Å². The summed E-state index contributed by atoms with van der Waals surface area (Å²) in [5, 5.41) is 0. The predicted octanol–water partition coefficient (Wildman–Crippen LogP) is 8.04. The van der Waals surface area contributed by atoms with Crippen LogP contribution in [0.3, 0.4) is 0 Å². The Morgan fingerprint density at radius 1 is 0.815 bits per heavy atom. The highest BCUT2D eigenvalue weighted by Gasteiger charge is 2.63. The monoisotopic (exact) mass is 410 g/mol. The van der Waals surface area contributed by atoms with E-state index in [-0.39, 0.29) is 0 Å². The van der Waals surface area contributed by atoms with Gasteiger partial charge < -0.3 is 0 Å². The summed E-state index contributed by atoms with van der Waals surface area (Å²) in [5.41, 5.74) is 1.81. The maximum Gasteiger partial charge on any atom is 0.0638 e. The Balaban J connectivity index is 1.63. The number of thioether (sulfide) groups is 2. The van der Waals surface area contributed by atoms with Crippen molar-refractivity contribution in [3.63, 3.8) is 0 Å². The molecule has 2 unspecified atom stereocenters. The quantitative estimate of drug-likeness (QED) is 0.442. The van der Waals surface area contributed by atoms with Gasteiger partial charge in [-0.3, -0.25) is 0 Å². The lowest BCUT2D eigenvalue weighted by Crippen LogP contribution is -2.40. The summed E-state index contributed by atoms with van der Waals surface area (Å²) < 4.78 is 0.476. The van der Waals surface area contributed by atoms with Crippen LogP contribution in [0.5, 0.6) is 0 Å². The third-order valence-electron chi connectivity index (χ3n) is 6.09. The molecular formula is C24H30S2Si. The number of hydrogen-bond acceptors (Lipinski definition) is 2. The molecule has 0 N–H and O–H groups in total. The minimum Gasteiger partial charge on any atom is -0.122 e. The van der Waals surface area contributed by atoms with Crippen LogP contribution in [0.1, 0.15) is 32.1 Å². The molecule has 0 aromatic heterocycles. The van der Waals surface area contributed by atoms with Crippen molar-refractivity contribution in [2.24, 2.45) is 5.92 Å². The molecule has 2 aliphatic rings. The first-order valence-corrected chi connectivity index (χ1v) is 15.3. The van der Waals surface area contributed by atoms with E-state index in [1.165, 1.54) is 41.9 Å². The van der Waals surface area contributed by atoms with Crippen molar-refractivity contribution in [1.82, 2.24) is 0 Å². The van der Waals surface area contributed by atoms with Crippen LogP contribution in [0.25, 0.3) is 0 Å². The highest BCUT2D eigenvalue weighted by molar-refractivity contribution is 8.03. The molecule has 27 heavy (non-hydrogen) atoms. The van der Waals surface area contributed by atoms with E-state index in [4.69, 9.17) is 0 Å². The Bertz CT molecular complexity index is 807. The first-order valence-electron chi connectivity index (χ1n) is 10.2. The summed E-state index contributed by atoms with van der Waals surface area (Å²) in [6, 6.07) is 22.1. The average molecular weight is 411 g/mol. The molecule has 0 nitrogen and oxygen atoms in total. The van der Waals surface area contributed by atoms with Gasteiger partial charge >= 0.3 is 0 Å². The third kappa shape index (κ3) is 4.11. The second-order valence-electron chi connectivity index (χ2n) is 8.88. The van der Waals surface area contributed by atoms with E-state index < -0.39 is 8.07 Å². The van der Waals surface area contributed by atoms with Crippen LogP contribution in [-0.2, 0) is 0 Å². The lowest BCUT2D eigenvalue weighted by atomic mass is 9.96. The molecule has 142 valence electrons. The minimum atomic E-state index is -1.31. The van der Waals surface area contributed by atoms with Gasteiger partial charge in [-0.1, -0.05) is 73.4 Å². The van der Waals surface area contributed by atoms with Crippen molar-refractivity contribution in [3.05, 3.63) is 71.1 Å². The largest absolute Gasteiger partial charge is 0.122 e. The molecule has 2 aromatic carbocycles. The van der Waals surface area contributed by atoms with Gasteiger partial charge in [0.25, 0.3) is 0 Å². The Hall–Kier alpha value is -0.903. The fraction of sp³-hybridized carbons (Fsp3) is 0.417. The van der Waals surface area contributed by atoms with Crippen molar-refractivity contribution in [2.75, 3.05) is 0 Å². The van der Waals surface area contributed by atoms with E-state index in [1.807, 2.05) is 11.8 Å². The molecule has 2 aliphatic carbocycles. The topological polar surface area (TPSA) is 0 Å². The standard InChI is InChI=1S/C24H30S2Si/c1-27(2,3)24(26-20-14-8-5-9-15-20)18-22(24)21-16-10-11-17-23(21)25-19-12-6-4-7-13-19/h4-9,12-15,22H,10-11,16-18H2,1-3H3. The molecule has 0 radical (unpaired) electrons. The van der Waals surface area contributed by atoms with E-state index in [0.717, 1.165) is 5.92 Å². The molecule has 1 fully saturated rings. The highest BCUT2D eigenvalue weighted by Crippen LogP contribution is 2.66. The maximum absolute atomic E-state index is 2.58. The molecule has 2 aromatic rings. The van der Waals surface area contributed by atoms with Crippen molar-refractivity contribution >= 4 is 31.6 Å². The number of hydrogen-bond donors (Lipinski definition) is 0. The number of allylic oxidation sites excluding steroid dienone is 2. The molecule has 0 spiro atoms. The van der Waals surface area contributed by atoms with Crippen LogP contribution in [-0.4, -0.2) is 12.4 Å². The van der Waals surface area contributed by atoms with Crippen LogP contribution in [0, 0.1) is 5.92 Å². The van der Waals surface area contributed by atoms with Crippen LogP contribution in [0.15, 0.2) is 80.9 Å². The van der Waals surface area contributed by atoms with Crippen molar-refractivity contribution in [3.8, 4) is 0 Å². The summed E-state index contributed by atoms with van der Waals surface area (Å²) >= 11 is 4.24. The smallest absolute Gasteiger partial charge is 0.0638 e. The fourth-order valence-corrected chi connectivity index (χ4v) is 10.5.